The summed E-state index contributed by atoms with van der Waals surface area (Å²) >= 11 is 0. The van der Waals surface area contributed by atoms with E-state index in [1.807, 2.05) is 0 Å². The predicted molar refractivity (Wildman–Crippen MR) is 108 cm³/mol. The number of nitrogens with two attached hydrogens (primary N) is 5. The first kappa shape index (κ1) is 26.1. The van der Waals surface area contributed by atoms with E-state index >= 15 is 0 Å². The first-order valence-corrected chi connectivity index (χ1v) is 10.8. The number of aliphatic hydroxyl groups excluding tert-OH is 5. The van der Waals surface area contributed by atoms with Crippen molar-refractivity contribution in [1.29, 1.82) is 0 Å². The molecule has 14 nitrogen and oxygen atoms in total. The number of rotatable bonds is 6. The predicted octanol–water partition coefficient (Wildman–Crippen LogP) is -6.30. The normalized spacial score (nSPS) is 52.7. The highest BCUT2D eigenvalue weighted by molar-refractivity contribution is 5.01. The average molecular weight is 468 g/mol. The van der Waals surface area contributed by atoms with Gasteiger partial charge in [0, 0.05) is 18.6 Å². The third-order valence-corrected chi connectivity index (χ3v) is 6.41. The van der Waals surface area contributed by atoms with E-state index in [1.165, 1.54) is 0 Å². The van der Waals surface area contributed by atoms with Crippen molar-refractivity contribution in [1.82, 2.24) is 0 Å². The van der Waals surface area contributed by atoms with E-state index in [1.54, 1.807) is 0 Å². The maximum atomic E-state index is 11.0. The minimum absolute atomic E-state index is 0.0542. The van der Waals surface area contributed by atoms with Crippen LogP contribution in [-0.4, -0.2) is 124 Å². The zero-order valence-corrected chi connectivity index (χ0v) is 17.7. The molecule has 14 heteroatoms. The van der Waals surface area contributed by atoms with Crippen molar-refractivity contribution in [2.45, 2.75) is 98.4 Å². The highest BCUT2D eigenvalue weighted by Gasteiger charge is 2.50. The van der Waals surface area contributed by atoms with Crippen molar-refractivity contribution in [3.8, 4) is 0 Å². The summed E-state index contributed by atoms with van der Waals surface area (Å²) in [6.45, 7) is -0.499. The molecular formula is C18H37N5O9. The summed E-state index contributed by atoms with van der Waals surface area (Å²) in [5, 5.41) is 50.7. The summed E-state index contributed by atoms with van der Waals surface area (Å²) in [5.41, 5.74) is 29.8. The Hall–Kier alpha value is -0.560. The first-order valence-electron chi connectivity index (χ1n) is 10.8. The average Bonchev–Trinajstić information content (AvgIpc) is 2.75. The summed E-state index contributed by atoms with van der Waals surface area (Å²) < 4.78 is 22.7. The summed E-state index contributed by atoms with van der Waals surface area (Å²) in [6.07, 6.45) is -10.8. The second kappa shape index (κ2) is 10.8. The Bertz CT molecular complexity index is 607. The number of hydrogen-bond donors (Lipinski definition) is 10. The highest BCUT2D eigenvalue weighted by atomic mass is 16.7. The smallest absolute Gasteiger partial charge is 0.186 e. The fraction of sp³-hybridized carbons (Fsp3) is 1.00. The van der Waals surface area contributed by atoms with Gasteiger partial charge in [0.15, 0.2) is 12.6 Å². The van der Waals surface area contributed by atoms with Crippen LogP contribution in [0.3, 0.4) is 0 Å². The van der Waals surface area contributed by atoms with Gasteiger partial charge in [-0.3, -0.25) is 0 Å². The van der Waals surface area contributed by atoms with Gasteiger partial charge in [0.25, 0.3) is 0 Å². The summed E-state index contributed by atoms with van der Waals surface area (Å²) in [4.78, 5) is 0. The fourth-order valence-electron chi connectivity index (χ4n) is 4.43. The third kappa shape index (κ3) is 5.24. The molecule has 3 rings (SSSR count). The number of aliphatic hydroxyl groups is 5. The van der Waals surface area contributed by atoms with E-state index < -0.39 is 92.2 Å². The third-order valence-electron chi connectivity index (χ3n) is 6.41. The highest BCUT2D eigenvalue weighted by Crippen LogP contribution is 2.30. The Morgan fingerprint density at radius 3 is 1.84 bits per heavy atom. The van der Waals surface area contributed by atoms with Gasteiger partial charge in [0.05, 0.1) is 30.9 Å². The van der Waals surface area contributed by atoms with Crippen LogP contribution in [0.2, 0.25) is 0 Å². The largest absolute Gasteiger partial charge is 0.394 e. The van der Waals surface area contributed by atoms with Gasteiger partial charge in [-0.2, -0.15) is 0 Å². The standard InChI is InChI=1S/C18H37N5O9/c19-3-9-8(25)2-7(22)17(29-9)31-15-5(20)1-6(21)16(14(15)28)32-18-13(27)11(23)12(26)10(4-24)30-18/h5-18,24-28H,1-4,19-23H2/t5-,6-,7+,8+,9+,10+,11+,12+,13+,14+,15-,16+,17+,18+/m1/s1. The zero-order chi connectivity index (χ0) is 23.7. The van der Waals surface area contributed by atoms with Crippen LogP contribution in [0, 0.1) is 0 Å². The molecule has 0 spiro atoms. The van der Waals surface area contributed by atoms with Gasteiger partial charge < -0.3 is 73.1 Å². The number of hydrogen-bond acceptors (Lipinski definition) is 14. The van der Waals surface area contributed by atoms with Gasteiger partial charge in [-0.15, -0.1) is 0 Å². The Morgan fingerprint density at radius 2 is 1.28 bits per heavy atom. The molecule has 14 atom stereocenters. The molecule has 2 heterocycles. The van der Waals surface area contributed by atoms with Crippen molar-refractivity contribution in [2.75, 3.05) is 13.2 Å². The lowest BCUT2D eigenvalue weighted by atomic mass is 9.84. The van der Waals surface area contributed by atoms with E-state index in [2.05, 4.69) is 0 Å². The van der Waals surface area contributed by atoms with Crippen LogP contribution in [0.15, 0.2) is 0 Å². The van der Waals surface area contributed by atoms with Crippen molar-refractivity contribution in [3.05, 3.63) is 0 Å². The molecular weight excluding hydrogens is 430 g/mol. The molecule has 3 aliphatic rings. The molecule has 0 aromatic rings. The number of ether oxygens (including phenoxy) is 4. The van der Waals surface area contributed by atoms with Gasteiger partial charge in [-0.25, -0.2) is 0 Å². The van der Waals surface area contributed by atoms with Gasteiger partial charge in [0.2, 0.25) is 0 Å². The van der Waals surface area contributed by atoms with E-state index in [0.717, 1.165) is 0 Å². The first-order chi connectivity index (χ1) is 15.1. The van der Waals surface area contributed by atoms with Crippen molar-refractivity contribution < 1.29 is 44.5 Å². The van der Waals surface area contributed by atoms with E-state index in [-0.39, 0.29) is 19.4 Å². The molecule has 2 saturated heterocycles. The van der Waals surface area contributed by atoms with E-state index in [9.17, 15) is 25.5 Å². The van der Waals surface area contributed by atoms with Gasteiger partial charge in [0.1, 0.15) is 36.6 Å². The minimum atomic E-state index is -1.44. The molecule has 32 heavy (non-hydrogen) atoms. The summed E-state index contributed by atoms with van der Waals surface area (Å²) in [6, 6.07) is -3.27. The van der Waals surface area contributed by atoms with Crippen LogP contribution in [-0.2, 0) is 18.9 Å². The van der Waals surface area contributed by atoms with Gasteiger partial charge >= 0.3 is 0 Å². The minimum Gasteiger partial charge on any atom is -0.394 e. The molecule has 3 fully saturated rings. The van der Waals surface area contributed by atoms with Crippen molar-refractivity contribution in [3.63, 3.8) is 0 Å². The molecule has 2 aliphatic heterocycles. The molecule has 1 aliphatic carbocycles. The topological polar surface area (TPSA) is 268 Å². The van der Waals surface area contributed by atoms with Crippen LogP contribution in [0.4, 0.5) is 0 Å². The molecule has 0 amide bonds. The summed E-state index contributed by atoms with van der Waals surface area (Å²) in [5.74, 6) is 0. The lowest BCUT2D eigenvalue weighted by Gasteiger charge is -2.47. The lowest BCUT2D eigenvalue weighted by molar-refractivity contribution is -0.314. The van der Waals surface area contributed by atoms with Crippen LogP contribution < -0.4 is 28.7 Å². The Morgan fingerprint density at radius 1 is 0.719 bits per heavy atom. The van der Waals surface area contributed by atoms with E-state index in [0.29, 0.717) is 0 Å². The second-order valence-electron chi connectivity index (χ2n) is 8.78. The maximum Gasteiger partial charge on any atom is 0.186 e. The lowest BCUT2D eigenvalue weighted by Crippen LogP contribution is -2.68. The molecule has 1 saturated carbocycles. The molecule has 0 unspecified atom stereocenters. The molecule has 0 radical (unpaired) electrons. The SMILES string of the molecule is NC[C@@H]1O[C@@H](O[C@H]2[C@H](O)[C@@H](O[C@@H]3O[C@@H](CO)[C@H](O)[C@H](N)[C@@H]3O)[C@H](N)C[C@H]2N)[C@@H](N)C[C@@H]1O. The molecule has 188 valence electrons. The van der Waals surface area contributed by atoms with Gasteiger partial charge in [-0.05, 0) is 12.8 Å². The molecule has 0 aromatic heterocycles. The van der Waals surface area contributed by atoms with Crippen LogP contribution in [0.1, 0.15) is 12.8 Å². The Kier molecular flexibility index (Phi) is 8.79. The fourth-order valence-corrected chi connectivity index (χ4v) is 4.43. The quantitative estimate of drug-likeness (QED) is 0.174. The zero-order valence-electron chi connectivity index (χ0n) is 17.7. The van der Waals surface area contributed by atoms with Crippen LogP contribution >= 0.6 is 0 Å². The molecule has 0 aromatic carbocycles. The Balaban J connectivity index is 1.70. The van der Waals surface area contributed by atoms with Gasteiger partial charge in [-0.1, -0.05) is 0 Å². The molecule has 0 bridgehead atoms. The van der Waals surface area contributed by atoms with Crippen LogP contribution in [0.5, 0.6) is 0 Å². The molecule has 15 N–H and O–H groups in total. The maximum absolute atomic E-state index is 11.0. The second-order valence-corrected chi connectivity index (χ2v) is 8.78. The van der Waals surface area contributed by atoms with Crippen molar-refractivity contribution in [2.24, 2.45) is 28.7 Å². The van der Waals surface area contributed by atoms with E-state index in [4.69, 9.17) is 47.6 Å². The van der Waals surface area contributed by atoms with Crippen molar-refractivity contribution >= 4 is 0 Å². The van der Waals surface area contributed by atoms with Crippen LogP contribution in [0.25, 0.3) is 0 Å². The summed E-state index contributed by atoms with van der Waals surface area (Å²) in [7, 11) is 0. The Labute approximate surface area is 185 Å². The monoisotopic (exact) mass is 467 g/mol.